The number of rotatable bonds is 3. The summed E-state index contributed by atoms with van der Waals surface area (Å²) in [4.78, 5) is 11.0. The second-order valence-corrected chi connectivity index (χ2v) is 3.12. The quantitative estimate of drug-likeness (QED) is 0.618. The van der Waals surface area contributed by atoms with Gasteiger partial charge in [0.25, 0.3) is 0 Å². The lowest BCUT2D eigenvalue weighted by Gasteiger charge is -2.12. The molecule has 0 fully saturated rings. The average molecular weight is 226 g/mol. The van der Waals surface area contributed by atoms with Crippen LogP contribution in [-0.4, -0.2) is 11.8 Å². The van der Waals surface area contributed by atoms with Crippen LogP contribution in [0.2, 0.25) is 0 Å². The Kier molecular flexibility index (Phi) is 4.14. The molecule has 0 saturated heterocycles. The van der Waals surface area contributed by atoms with Gasteiger partial charge in [-0.1, -0.05) is 18.1 Å². The number of benzene rings is 1. The Morgan fingerprint density at radius 3 is 2.60 bits per heavy atom. The van der Waals surface area contributed by atoms with Gasteiger partial charge in [-0.05, 0) is 17.7 Å². The van der Waals surface area contributed by atoms with Crippen molar-refractivity contribution in [2.24, 2.45) is 0 Å². The van der Waals surface area contributed by atoms with Gasteiger partial charge in [-0.15, -0.1) is 18.0 Å². The minimum Gasteiger partial charge on any atom is -0.337 e. The van der Waals surface area contributed by atoms with Gasteiger partial charge in [-0.25, -0.2) is 4.39 Å². The molecule has 0 spiro atoms. The summed E-state index contributed by atoms with van der Waals surface area (Å²) < 4.78 is 12.6. The largest absolute Gasteiger partial charge is 0.337 e. The molecule has 1 amide bonds. The van der Waals surface area contributed by atoms with Gasteiger partial charge in [0, 0.05) is 0 Å². The number of terminal acetylenes is 1. The summed E-state index contributed by atoms with van der Waals surface area (Å²) in [6.45, 7) is 0. The van der Waals surface area contributed by atoms with Gasteiger partial charge in [0.15, 0.2) is 0 Å². The third-order valence-corrected chi connectivity index (χ3v) is 2.04. The fourth-order valence-corrected chi connectivity index (χ4v) is 1.15. The van der Waals surface area contributed by atoms with E-state index in [1.165, 1.54) is 24.3 Å². The summed E-state index contributed by atoms with van der Waals surface area (Å²) >= 11 is 5.33. The number of halogens is 2. The molecule has 0 bridgehead atoms. The van der Waals surface area contributed by atoms with E-state index in [1.807, 2.05) is 0 Å². The molecular formula is C11H9ClFNO. The van der Waals surface area contributed by atoms with Crippen molar-refractivity contribution < 1.29 is 9.18 Å². The molecule has 1 rings (SSSR count). The van der Waals surface area contributed by atoms with E-state index in [9.17, 15) is 9.18 Å². The normalized spacial score (nSPS) is 11.5. The molecule has 1 unspecified atom stereocenters. The zero-order chi connectivity index (χ0) is 11.3. The van der Waals surface area contributed by atoms with E-state index in [2.05, 4.69) is 11.2 Å². The van der Waals surface area contributed by atoms with E-state index in [0.717, 1.165) is 0 Å². The maximum Gasteiger partial charge on any atom is 0.236 e. The fraction of sp³-hybridized carbons (Fsp3) is 0.182. The number of carbonyl (C=O) groups is 1. The standard InChI is InChI=1S/C11H9ClFNO/c1-2-10(14-11(15)7-12)8-3-5-9(13)6-4-8/h1,3-6,10H,7H2,(H,14,15). The van der Waals surface area contributed by atoms with Crippen LogP contribution in [0, 0.1) is 18.2 Å². The highest BCUT2D eigenvalue weighted by molar-refractivity contribution is 6.27. The molecule has 4 heteroatoms. The first-order chi connectivity index (χ1) is 7.17. The number of nitrogens with one attached hydrogen (secondary N) is 1. The van der Waals surface area contributed by atoms with Crippen molar-refractivity contribution in [2.75, 3.05) is 5.88 Å². The Morgan fingerprint density at radius 2 is 2.13 bits per heavy atom. The molecule has 0 radical (unpaired) electrons. The van der Waals surface area contributed by atoms with Crippen LogP contribution < -0.4 is 5.32 Å². The van der Waals surface area contributed by atoms with Crippen molar-refractivity contribution in [3.63, 3.8) is 0 Å². The highest BCUT2D eigenvalue weighted by Gasteiger charge is 2.10. The molecule has 0 aliphatic rings. The first kappa shape index (κ1) is 11.5. The number of hydrogen-bond acceptors (Lipinski definition) is 1. The van der Waals surface area contributed by atoms with E-state index < -0.39 is 6.04 Å². The van der Waals surface area contributed by atoms with E-state index in [0.29, 0.717) is 5.56 Å². The van der Waals surface area contributed by atoms with Gasteiger partial charge in [0.2, 0.25) is 5.91 Å². The zero-order valence-corrected chi connectivity index (χ0v) is 8.59. The van der Waals surface area contributed by atoms with E-state index in [4.69, 9.17) is 18.0 Å². The van der Waals surface area contributed by atoms with Crippen molar-refractivity contribution in [2.45, 2.75) is 6.04 Å². The fourth-order valence-electron chi connectivity index (χ4n) is 1.08. The number of alkyl halides is 1. The van der Waals surface area contributed by atoms with Crippen molar-refractivity contribution in [3.05, 3.63) is 35.6 Å². The molecule has 2 nitrogen and oxygen atoms in total. The van der Waals surface area contributed by atoms with Crippen molar-refractivity contribution in [3.8, 4) is 12.3 Å². The number of hydrogen-bond donors (Lipinski definition) is 1. The smallest absolute Gasteiger partial charge is 0.236 e. The lowest BCUT2D eigenvalue weighted by atomic mass is 10.1. The molecule has 1 aromatic carbocycles. The Morgan fingerprint density at radius 1 is 1.53 bits per heavy atom. The van der Waals surface area contributed by atoms with Crippen LogP contribution in [0.3, 0.4) is 0 Å². The van der Waals surface area contributed by atoms with Crippen molar-refractivity contribution >= 4 is 17.5 Å². The lowest BCUT2D eigenvalue weighted by Crippen LogP contribution is -2.28. The third kappa shape index (κ3) is 3.26. The first-order valence-corrected chi connectivity index (χ1v) is 4.77. The molecule has 0 saturated carbocycles. The Balaban J connectivity index is 2.80. The molecule has 1 aromatic rings. The maximum absolute atomic E-state index is 12.6. The monoisotopic (exact) mass is 225 g/mol. The number of amides is 1. The first-order valence-electron chi connectivity index (χ1n) is 4.24. The topological polar surface area (TPSA) is 29.1 Å². The molecular weight excluding hydrogens is 217 g/mol. The van der Waals surface area contributed by atoms with Crippen molar-refractivity contribution in [1.29, 1.82) is 0 Å². The summed E-state index contributed by atoms with van der Waals surface area (Å²) in [6, 6.07) is 5.04. The van der Waals surface area contributed by atoms with Crippen LogP contribution in [-0.2, 0) is 4.79 Å². The second kappa shape index (κ2) is 5.38. The molecule has 1 N–H and O–H groups in total. The molecule has 0 aliphatic heterocycles. The van der Waals surface area contributed by atoms with Gasteiger partial charge >= 0.3 is 0 Å². The summed E-state index contributed by atoms with van der Waals surface area (Å²) in [6.07, 6.45) is 5.24. The average Bonchev–Trinajstić information content (AvgIpc) is 2.27. The van der Waals surface area contributed by atoms with Gasteiger partial charge in [-0.3, -0.25) is 4.79 Å². The van der Waals surface area contributed by atoms with Crippen LogP contribution >= 0.6 is 11.6 Å². The highest BCUT2D eigenvalue weighted by Crippen LogP contribution is 2.12. The molecule has 0 aromatic heterocycles. The van der Waals surface area contributed by atoms with E-state index >= 15 is 0 Å². The summed E-state index contributed by atoms with van der Waals surface area (Å²) in [7, 11) is 0. The summed E-state index contributed by atoms with van der Waals surface area (Å²) in [5.41, 5.74) is 0.650. The molecule has 0 heterocycles. The molecule has 1 atom stereocenters. The van der Waals surface area contributed by atoms with Crippen LogP contribution in [0.1, 0.15) is 11.6 Å². The SMILES string of the molecule is C#CC(NC(=O)CCl)c1ccc(F)cc1. The summed E-state index contributed by atoms with van der Waals surface area (Å²) in [5, 5.41) is 2.52. The Labute approximate surface area is 92.4 Å². The van der Waals surface area contributed by atoms with Crippen LogP contribution in [0.4, 0.5) is 4.39 Å². The van der Waals surface area contributed by atoms with Gasteiger partial charge in [0.05, 0.1) is 0 Å². The van der Waals surface area contributed by atoms with Crippen LogP contribution in [0.25, 0.3) is 0 Å². The molecule has 0 aliphatic carbocycles. The van der Waals surface area contributed by atoms with E-state index in [-0.39, 0.29) is 17.6 Å². The van der Waals surface area contributed by atoms with Gasteiger partial charge < -0.3 is 5.32 Å². The minimum atomic E-state index is -0.572. The molecule has 78 valence electrons. The predicted molar refractivity (Wildman–Crippen MR) is 56.8 cm³/mol. The Bertz CT molecular complexity index is 383. The number of carbonyl (C=O) groups excluding carboxylic acids is 1. The van der Waals surface area contributed by atoms with Gasteiger partial charge in [-0.2, -0.15) is 0 Å². The molecule has 15 heavy (non-hydrogen) atoms. The summed E-state index contributed by atoms with van der Waals surface area (Å²) in [5.74, 6) is 1.53. The highest BCUT2D eigenvalue weighted by atomic mass is 35.5. The van der Waals surface area contributed by atoms with Crippen LogP contribution in [0.15, 0.2) is 24.3 Å². The zero-order valence-electron chi connectivity index (χ0n) is 7.84. The Hall–Kier alpha value is -1.53. The van der Waals surface area contributed by atoms with Crippen LogP contribution in [0.5, 0.6) is 0 Å². The minimum absolute atomic E-state index is 0.153. The maximum atomic E-state index is 12.6. The lowest BCUT2D eigenvalue weighted by molar-refractivity contribution is -0.119. The van der Waals surface area contributed by atoms with Crippen molar-refractivity contribution in [1.82, 2.24) is 5.32 Å². The third-order valence-electron chi connectivity index (χ3n) is 1.80. The second-order valence-electron chi connectivity index (χ2n) is 2.85. The van der Waals surface area contributed by atoms with E-state index in [1.54, 1.807) is 0 Å². The van der Waals surface area contributed by atoms with Gasteiger partial charge in [0.1, 0.15) is 17.7 Å². The predicted octanol–water partition coefficient (Wildman–Crippen LogP) is 1.85.